The summed E-state index contributed by atoms with van der Waals surface area (Å²) in [5.74, 6) is 1.47. The van der Waals surface area contributed by atoms with E-state index in [-0.39, 0.29) is 31.1 Å². The van der Waals surface area contributed by atoms with E-state index in [1.807, 2.05) is 34.0 Å². The number of benzene rings is 1. The quantitative estimate of drug-likeness (QED) is 0.844. The van der Waals surface area contributed by atoms with Crippen LogP contribution in [0.4, 0.5) is 0 Å². The van der Waals surface area contributed by atoms with E-state index in [0.29, 0.717) is 11.7 Å². The number of piperidine rings is 1. The Morgan fingerprint density at radius 3 is 2.82 bits per heavy atom. The molecule has 3 aliphatic rings. The van der Waals surface area contributed by atoms with E-state index in [9.17, 15) is 4.79 Å². The molecule has 150 valence electrons. The minimum absolute atomic E-state index is 0. The Hall–Kier alpha value is -2.32. The van der Waals surface area contributed by atoms with E-state index in [1.165, 1.54) is 0 Å². The third-order valence-corrected chi connectivity index (χ3v) is 5.71. The maximum absolute atomic E-state index is 13.1. The molecule has 8 nitrogen and oxygen atoms in total. The molecule has 2 aromatic rings. The van der Waals surface area contributed by atoms with Crippen molar-refractivity contribution in [3.8, 4) is 11.5 Å². The first kappa shape index (κ1) is 19.0. The highest BCUT2D eigenvalue weighted by Gasteiger charge is 2.33. The predicted octanol–water partition coefficient (Wildman–Crippen LogP) is 2.33. The molecule has 1 N–H and O–H groups in total. The molecule has 1 amide bonds. The Morgan fingerprint density at radius 2 is 1.96 bits per heavy atom. The molecule has 0 spiro atoms. The molecular formula is C19H24ClN5O3. The molecule has 5 rings (SSSR count). The van der Waals surface area contributed by atoms with Crippen molar-refractivity contribution >= 4 is 18.3 Å². The highest BCUT2D eigenvalue weighted by Crippen LogP contribution is 2.39. The first-order valence-corrected chi connectivity index (χ1v) is 9.62. The number of carbonyl (C=O) groups is 1. The van der Waals surface area contributed by atoms with Gasteiger partial charge >= 0.3 is 0 Å². The van der Waals surface area contributed by atoms with Crippen molar-refractivity contribution in [2.24, 2.45) is 0 Å². The lowest BCUT2D eigenvalue weighted by Gasteiger charge is -2.24. The third-order valence-electron chi connectivity index (χ3n) is 5.71. The number of amides is 1. The van der Waals surface area contributed by atoms with Gasteiger partial charge in [0.05, 0.1) is 18.3 Å². The van der Waals surface area contributed by atoms with Gasteiger partial charge in [0, 0.05) is 6.54 Å². The number of nitrogens with one attached hydrogen (secondary N) is 1. The molecule has 9 heteroatoms. The molecule has 1 aromatic carbocycles. The Bertz CT molecular complexity index is 852. The van der Waals surface area contributed by atoms with Crippen LogP contribution in [0, 0.1) is 0 Å². The molecule has 2 saturated heterocycles. The second-order valence-electron chi connectivity index (χ2n) is 7.33. The van der Waals surface area contributed by atoms with Crippen LogP contribution in [0.15, 0.2) is 24.4 Å². The summed E-state index contributed by atoms with van der Waals surface area (Å²) in [7, 11) is 0. The maximum atomic E-state index is 13.1. The summed E-state index contributed by atoms with van der Waals surface area (Å²) >= 11 is 0. The second-order valence-corrected chi connectivity index (χ2v) is 7.33. The van der Waals surface area contributed by atoms with Crippen molar-refractivity contribution in [2.75, 3.05) is 26.4 Å². The summed E-state index contributed by atoms with van der Waals surface area (Å²) in [5.41, 5.74) is 1.51. The van der Waals surface area contributed by atoms with Crippen LogP contribution >= 0.6 is 12.4 Å². The largest absolute Gasteiger partial charge is 0.454 e. The molecule has 3 aliphatic heterocycles. The Balaban J connectivity index is 0.00000192. The van der Waals surface area contributed by atoms with Crippen LogP contribution in [0.5, 0.6) is 11.5 Å². The van der Waals surface area contributed by atoms with Gasteiger partial charge in [-0.3, -0.25) is 4.79 Å². The summed E-state index contributed by atoms with van der Waals surface area (Å²) in [6, 6.07) is 6.30. The molecular weight excluding hydrogens is 382 g/mol. The highest BCUT2D eigenvalue weighted by atomic mass is 35.5. The van der Waals surface area contributed by atoms with Crippen LogP contribution in [0.1, 0.15) is 53.8 Å². The van der Waals surface area contributed by atoms with Gasteiger partial charge in [0.15, 0.2) is 17.2 Å². The number of halogens is 1. The summed E-state index contributed by atoms with van der Waals surface area (Å²) in [6.45, 7) is 2.95. The molecule has 2 fully saturated rings. The van der Waals surface area contributed by atoms with E-state index >= 15 is 0 Å². The second kappa shape index (κ2) is 7.97. The van der Waals surface area contributed by atoms with Gasteiger partial charge in [0.25, 0.3) is 5.91 Å². The van der Waals surface area contributed by atoms with E-state index in [4.69, 9.17) is 9.47 Å². The van der Waals surface area contributed by atoms with Crippen LogP contribution in [-0.4, -0.2) is 52.2 Å². The smallest absolute Gasteiger partial charge is 0.276 e. The maximum Gasteiger partial charge on any atom is 0.276 e. The topological polar surface area (TPSA) is 81.5 Å². The zero-order valence-electron chi connectivity index (χ0n) is 15.5. The van der Waals surface area contributed by atoms with Crippen molar-refractivity contribution in [2.45, 2.75) is 37.8 Å². The van der Waals surface area contributed by atoms with Crippen molar-refractivity contribution < 1.29 is 14.3 Å². The minimum Gasteiger partial charge on any atom is -0.454 e. The number of hydrogen-bond donors (Lipinski definition) is 1. The normalized spacial score (nSPS) is 21.6. The summed E-state index contributed by atoms with van der Waals surface area (Å²) in [5, 5.41) is 11.8. The lowest BCUT2D eigenvalue weighted by molar-refractivity contribution is 0.0729. The number of aromatic nitrogens is 3. The number of likely N-dealkylation sites (tertiary alicyclic amines) is 1. The predicted molar refractivity (Wildman–Crippen MR) is 104 cm³/mol. The van der Waals surface area contributed by atoms with E-state index < -0.39 is 0 Å². The average Bonchev–Trinajstić information content (AvgIpc) is 3.47. The molecule has 0 saturated carbocycles. The molecule has 0 aliphatic carbocycles. The number of hydrogen-bond acceptors (Lipinski definition) is 6. The number of ether oxygens (including phenoxy) is 2. The first-order valence-electron chi connectivity index (χ1n) is 9.62. The van der Waals surface area contributed by atoms with Crippen molar-refractivity contribution in [3.05, 3.63) is 35.7 Å². The number of nitrogens with zero attached hydrogens (tertiary/aromatic N) is 4. The van der Waals surface area contributed by atoms with Gasteiger partial charge in [0.2, 0.25) is 6.79 Å². The van der Waals surface area contributed by atoms with Gasteiger partial charge < -0.3 is 19.7 Å². The molecule has 1 atom stereocenters. The highest BCUT2D eigenvalue weighted by molar-refractivity contribution is 5.92. The fourth-order valence-corrected chi connectivity index (χ4v) is 4.25. The Labute approximate surface area is 169 Å². The van der Waals surface area contributed by atoms with Gasteiger partial charge in [-0.05, 0) is 56.5 Å². The monoisotopic (exact) mass is 405 g/mol. The van der Waals surface area contributed by atoms with Gasteiger partial charge in [-0.2, -0.15) is 0 Å². The molecule has 4 heterocycles. The fourth-order valence-electron chi connectivity index (χ4n) is 4.25. The van der Waals surface area contributed by atoms with Crippen LogP contribution in [0.25, 0.3) is 0 Å². The van der Waals surface area contributed by atoms with Crippen molar-refractivity contribution in [3.63, 3.8) is 0 Å². The fraction of sp³-hybridized carbons (Fsp3) is 0.526. The minimum atomic E-state index is -0.0460. The van der Waals surface area contributed by atoms with Crippen LogP contribution < -0.4 is 14.8 Å². The number of fused-ring (bicyclic) bond motifs is 1. The first-order chi connectivity index (χ1) is 13.3. The standard InChI is InChI=1S/C19H23N5O3.ClH/c25-19(15-11-24(22-21-15)14-5-7-20-8-6-14)23-9-1-2-16(23)13-3-4-17-18(10-13)27-12-26-17;/h3-4,10-11,14,16,20H,1-2,5-9,12H2;1H. The van der Waals surface area contributed by atoms with E-state index in [2.05, 4.69) is 15.6 Å². The summed E-state index contributed by atoms with van der Waals surface area (Å²) < 4.78 is 12.7. The zero-order valence-corrected chi connectivity index (χ0v) is 16.4. The van der Waals surface area contributed by atoms with Gasteiger partial charge in [-0.1, -0.05) is 11.3 Å². The van der Waals surface area contributed by atoms with Gasteiger partial charge in [-0.25, -0.2) is 4.68 Å². The van der Waals surface area contributed by atoms with Crippen molar-refractivity contribution in [1.29, 1.82) is 0 Å². The summed E-state index contributed by atoms with van der Waals surface area (Å²) in [6.07, 6.45) is 5.76. The third kappa shape index (κ3) is 3.42. The Morgan fingerprint density at radius 1 is 1.14 bits per heavy atom. The molecule has 28 heavy (non-hydrogen) atoms. The molecule has 1 aromatic heterocycles. The number of carbonyl (C=O) groups excluding carboxylic acids is 1. The van der Waals surface area contributed by atoms with E-state index in [1.54, 1.807) is 0 Å². The zero-order chi connectivity index (χ0) is 18.2. The molecule has 1 unspecified atom stereocenters. The average molecular weight is 406 g/mol. The number of rotatable bonds is 3. The SMILES string of the molecule is Cl.O=C(c1cn(C2CCNCC2)nn1)N1CCCC1c1ccc2c(c1)OCO2. The van der Waals surface area contributed by atoms with Crippen LogP contribution in [0.2, 0.25) is 0 Å². The van der Waals surface area contributed by atoms with E-state index in [0.717, 1.165) is 62.4 Å². The Kier molecular flexibility index (Phi) is 5.41. The lowest BCUT2D eigenvalue weighted by atomic mass is 10.0. The molecule has 0 bridgehead atoms. The van der Waals surface area contributed by atoms with Crippen LogP contribution in [-0.2, 0) is 0 Å². The molecule has 0 radical (unpaired) electrons. The lowest BCUT2D eigenvalue weighted by Crippen LogP contribution is -2.31. The van der Waals surface area contributed by atoms with Gasteiger partial charge in [0.1, 0.15) is 0 Å². The van der Waals surface area contributed by atoms with Crippen LogP contribution in [0.3, 0.4) is 0 Å². The van der Waals surface area contributed by atoms with Crippen molar-refractivity contribution in [1.82, 2.24) is 25.2 Å². The summed E-state index contributed by atoms with van der Waals surface area (Å²) in [4.78, 5) is 15.0. The van der Waals surface area contributed by atoms with Gasteiger partial charge in [-0.15, -0.1) is 17.5 Å².